The molecule has 2 rings (SSSR count). The van der Waals surface area contributed by atoms with Crippen molar-refractivity contribution in [2.45, 2.75) is 6.92 Å². The Balaban J connectivity index is 2.05. The molecule has 2 aromatic carbocycles. The van der Waals surface area contributed by atoms with Crippen LogP contribution in [-0.4, -0.2) is 23.4 Å². The predicted octanol–water partition coefficient (Wildman–Crippen LogP) is 3.49. The van der Waals surface area contributed by atoms with Crippen molar-refractivity contribution < 1.29 is 23.6 Å². The maximum Gasteiger partial charge on any atom is 0.345 e. The number of anilines is 1. The van der Waals surface area contributed by atoms with E-state index >= 15 is 0 Å². The zero-order valence-corrected chi connectivity index (χ0v) is 13.7. The number of nitrogens with zero attached hydrogens (tertiary/aromatic N) is 1. The number of rotatable bonds is 5. The molecule has 1 N–H and O–H groups in total. The zero-order valence-electron chi connectivity index (χ0n) is 12.9. The van der Waals surface area contributed by atoms with Gasteiger partial charge in [-0.2, -0.15) is 0 Å². The van der Waals surface area contributed by atoms with E-state index in [2.05, 4.69) is 5.32 Å². The van der Waals surface area contributed by atoms with Crippen molar-refractivity contribution in [1.82, 2.24) is 0 Å². The fourth-order valence-electron chi connectivity index (χ4n) is 2.05. The summed E-state index contributed by atoms with van der Waals surface area (Å²) in [6.07, 6.45) is 0. The molecule has 0 saturated heterocycles. The summed E-state index contributed by atoms with van der Waals surface area (Å²) in [5, 5.41) is 13.5. The van der Waals surface area contributed by atoms with Crippen LogP contribution in [0.2, 0.25) is 5.02 Å². The molecule has 0 radical (unpaired) electrons. The van der Waals surface area contributed by atoms with Crippen LogP contribution in [0.5, 0.6) is 0 Å². The molecule has 0 spiro atoms. The number of nitro benzene ring substituents is 1. The molecule has 2 aromatic rings. The van der Waals surface area contributed by atoms with Gasteiger partial charge in [0.15, 0.2) is 6.61 Å². The average Bonchev–Trinajstić information content (AvgIpc) is 2.55. The summed E-state index contributed by atoms with van der Waals surface area (Å²) in [5.41, 5.74) is -0.555. The molecule has 0 bridgehead atoms. The summed E-state index contributed by atoms with van der Waals surface area (Å²) in [6.45, 7) is 0.736. The minimum Gasteiger partial charge on any atom is -0.452 e. The first-order valence-electron chi connectivity index (χ1n) is 6.95. The number of carbonyl (C=O) groups excluding carboxylic acids is 2. The van der Waals surface area contributed by atoms with Gasteiger partial charge in [0.05, 0.1) is 10.6 Å². The SMILES string of the molecule is Cc1cccc(C(=O)OCC(=O)Nc2cc(Cl)ccc2F)c1[N+](=O)[O-]. The summed E-state index contributed by atoms with van der Waals surface area (Å²) < 4.78 is 18.3. The number of amides is 1. The van der Waals surface area contributed by atoms with Gasteiger partial charge < -0.3 is 10.1 Å². The van der Waals surface area contributed by atoms with E-state index in [0.29, 0.717) is 0 Å². The van der Waals surface area contributed by atoms with Crippen LogP contribution in [0, 0.1) is 22.9 Å². The van der Waals surface area contributed by atoms with Crippen molar-refractivity contribution in [2.24, 2.45) is 0 Å². The highest BCUT2D eigenvalue weighted by molar-refractivity contribution is 6.30. The van der Waals surface area contributed by atoms with Gasteiger partial charge in [0.1, 0.15) is 11.4 Å². The van der Waals surface area contributed by atoms with E-state index in [1.807, 2.05) is 0 Å². The minimum absolute atomic E-state index is 0.171. The van der Waals surface area contributed by atoms with Crippen LogP contribution in [0.15, 0.2) is 36.4 Å². The monoisotopic (exact) mass is 366 g/mol. The van der Waals surface area contributed by atoms with Crippen LogP contribution in [-0.2, 0) is 9.53 Å². The average molecular weight is 367 g/mol. The lowest BCUT2D eigenvalue weighted by molar-refractivity contribution is -0.385. The molecule has 9 heteroatoms. The van der Waals surface area contributed by atoms with Crippen LogP contribution in [0.4, 0.5) is 15.8 Å². The third kappa shape index (κ3) is 4.51. The first-order chi connectivity index (χ1) is 11.8. The molecular weight excluding hydrogens is 355 g/mol. The quantitative estimate of drug-likeness (QED) is 0.496. The first kappa shape index (κ1) is 18.3. The Kier molecular flexibility index (Phi) is 5.66. The molecule has 0 atom stereocenters. The number of ether oxygens (including phenoxy) is 1. The topological polar surface area (TPSA) is 98.5 Å². The highest BCUT2D eigenvalue weighted by Gasteiger charge is 2.24. The second-order valence-electron chi connectivity index (χ2n) is 4.98. The summed E-state index contributed by atoms with van der Waals surface area (Å²) in [7, 11) is 0. The van der Waals surface area contributed by atoms with E-state index in [1.165, 1.54) is 37.3 Å². The molecule has 1 amide bonds. The second-order valence-corrected chi connectivity index (χ2v) is 5.41. The fraction of sp³-hybridized carbons (Fsp3) is 0.125. The number of nitrogens with one attached hydrogen (secondary N) is 1. The summed E-state index contributed by atoms with van der Waals surface area (Å²) >= 11 is 5.70. The number of nitro groups is 1. The number of carbonyl (C=O) groups is 2. The van der Waals surface area contributed by atoms with Crippen LogP contribution in [0.3, 0.4) is 0 Å². The number of hydrogen-bond acceptors (Lipinski definition) is 5. The Morgan fingerprint density at radius 1 is 1.32 bits per heavy atom. The highest BCUT2D eigenvalue weighted by Crippen LogP contribution is 2.24. The molecule has 0 fully saturated rings. The van der Waals surface area contributed by atoms with Gasteiger partial charge in [0, 0.05) is 10.6 Å². The smallest absolute Gasteiger partial charge is 0.345 e. The summed E-state index contributed by atoms with van der Waals surface area (Å²) in [4.78, 5) is 34.1. The minimum atomic E-state index is -1.03. The lowest BCUT2D eigenvalue weighted by atomic mass is 10.1. The second kappa shape index (κ2) is 7.71. The molecule has 0 aliphatic carbocycles. The Hall–Kier alpha value is -3.00. The Bertz CT molecular complexity index is 856. The van der Waals surface area contributed by atoms with E-state index in [-0.39, 0.29) is 21.8 Å². The Morgan fingerprint density at radius 3 is 2.72 bits per heavy atom. The van der Waals surface area contributed by atoms with E-state index < -0.39 is 34.9 Å². The molecule has 7 nitrogen and oxygen atoms in total. The molecule has 0 aliphatic heterocycles. The molecule has 0 aliphatic rings. The number of hydrogen-bond donors (Lipinski definition) is 1. The number of esters is 1. The van der Waals surface area contributed by atoms with Crippen LogP contribution < -0.4 is 5.32 Å². The van der Waals surface area contributed by atoms with Crippen LogP contribution >= 0.6 is 11.6 Å². The van der Waals surface area contributed by atoms with Crippen molar-refractivity contribution in [3.63, 3.8) is 0 Å². The molecule has 0 saturated carbocycles. The largest absolute Gasteiger partial charge is 0.452 e. The first-order valence-corrected chi connectivity index (χ1v) is 7.33. The summed E-state index contributed by atoms with van der Waals surface area (Å²) in [5.74, 6) is -2.56. The molecule has 25 heavy (non-hydrogen) atoms. The molecule has 0 unspecified atom stereocenters. The van der Waals surface area contributed by atoms with E-state index in [9.17, 15) is 24.1 Å². The Morgan fingerprint density at radius 2 is 2.04 bits per heavy atom. The van der Waals surface area contributed by atoms with Crippen molar-refractivity contribution in [3.8, 4) is 0 Å². The Labute approximate surface area is 146 Å². The normalized spacial score (nSPS) is 10.2. The summed E-state index contributed by atoms with van der Waals surface area (Å²) in [6, 6.07) is 7.73. The fourth-order valence-corrected chi connectivity index (χ4v) is 2.23. The highest BCUT2D eigenvalue weighted by atomic mass is 35.5. The number of aryl methyl sites for hydroxylation is 1. The zero-order chi connectivity index (χ0) is 18.6. The van der Waals surface area contributed by atoms with Gasteiger partial charge in [-0.15, -0.1) is 0 Å². The van der Waals surface area contributed by atoms with E-state index in [0.717, 1.165) is 6.07 Å². The van der Waals surface area contributed by atoms with Gasteiger partial charge in [-0.1, -0.05) is 23.7 Å². The van der Waals surface area contributed by atoms with Crippen molar-refractivity contribution >= 4 is 34.9 Å². The maximum atomic E-state index is 13.5. The van der Waals surface area contributed by atoms with Crippen molar-refractivity contribution in [1.29, 1.82) is 0 Å². The van der Waals surface area contributed by atoms with Crippen LogP contribution in [0.25, 0.3) is 0 Å². The number of para-hydroxylation sites is 1. The van der Waals surface area contributed by atoms with Crippen molar-refractivity contribution in [2.75, 3.05) is 11.9 Å². The maximum absolute atomic E-state index is 13.5. The third-order valence-corrected chi connectivity index (χ3v) is 3.41. The van der Waals surface area contributed by atoms with Gasteiger partial charge in [0.2, 0.25) is 0 Å². The predicted molar refractivity (Wildman–Crippen MR) is 88.2 cm³/mol. The molecule has 0 aromatic heterocycles. The van der Waals surface area contributed by atoms with Crippen molar-refractivity contribution in [3.05, 3.63) is 68.5 Å². The number of benzene rings is 2. The van der Waals surface area contributed by atoms with Gasteiger partial charge in [-0.3, -0.25) is 14.9 Å². The lowest BCUT2D eigenvalue weighted by Crippen LogP contribution is -2.22. The van der Waals surface area contributed by atoms with Gasteiger partial charge in [-0.25, -0.2) is 9.18 Å². The van der Waals surface area contributed by atoms with E-state index in [1.54, 1.807) is 0 Å². The number of halogens is 2. The van der Waals surface area contributed by atoms with E-state index in [4.69, 9.17) is 16.3 Å². The van der Waals surface area contributed by atoms with Gasteiger partial charge >= 0.3 is 5.97 Å². The molecular formula is C16H12ClFN2O5. The third-order valence-electron chi connectivity index (χ3n) is 3.18. The standard InChI is InChI=1S/C16H12ClFN2O5/c1-9-3-2-4-11(15(9)20(23)24)16(22)25-8-14(21)19-13-7-10(17)5-6-12(13)18/h2-7H,8H2,1H3,(H,19,21). The van der Waals surface area contributed by atoms with Crippen LogP contribution in [0.1, 0.15) is 15.9 Å². The molecule has 0 heterocycles. The lowest BCUT2D eigenvalue weighted by Gasteiger charge is -2.08. The van der Waals surface area contributed by atoms with Gasteiger partial charge in [-0.05, 0) is 31.2 Å². The molecule has 130 valence electrons. The van der Waals surface area contributed by atoms with Gasteiger partial charge in [0.25, 0.3) is 11.6 Å².